The van der Waals surface area contributed by atoms with E-state index in [1.807, 2.05) is 19.1 Å². The minimum atomic E-state index is -0.0184. The first-order valence-electron chi connectivity index (χ1n) is 7.45. The first-order chi connectivity index (χ1) is 10.3. The Kier molecular flexibility index (Phi) is 3.99. The van der Waals surface area contributed by atoms with E-state index in [1.54, 1.807) is 0 Å². The third-order valence-electron chi connectivity index (χ3n) is 3.91. The Morgan fingerprint density at radius 3 is 3.10 bits per heavy atom. The average molecular weight is 285 g/mol. The van der Waals surface area contributed by atoms with Gasteiger partial charge in [0, 0.05) is 19.4 Å². The van der Waals surface area contributed by atoms with Crippen molar-refractivity contribution in [2.45, 2.75) is 38.5 Å². The van der Waals surface area contributed by atoms with E-state index in [9.17, 15) is 4.79 Å². The standard InChI is InChI=1S/C16H19N3O2/c1-2-14-18-15(21-19-14)9-10-17-16(20)13-8-7-11-5-3-4-6-12(11)13/h3-6,13H,2,7-10H2,1H3,(H,17,20)/t13-/m0/s1. The maximum absolute atomic E-state index is 12.3. The van der Waals surface area contributed by atoms with Crippen LogP contribution >= 0.6 is 0 Å². The van der Waals surface area contributed by atoms with Gasteiger partial charge in [-0.2, -0.15) is 4.98 Å². The Labute approximate surface area is 123 Å². The van der Waals surface area contributed by atoms with Crippen molar-refractivity contribution in [1.29, 1.82) is 0 Å². The molecule has 3 rings (SSSR count). The van der Waals surface area contributed by atoms with Crippen molar-refractivity contribution in [3.8, 4) is 0 Å². The molecule has 21 heavy (non-hydrogen) atoms. The first-order valence-corrected chi connectivity index (χ1v) is 7.45. The molecule has 110 valence electrons. The second-order valence-electron chi connectivity index (χ2n) is 5.29. The molecule has 2 aromatic rings. The topological polar surface area (TPSA) is 68.0 Å². The van der Waals surface area contributed by atoms with Crippen molar-refractivity contribution in [3.05, 3.63) is 47.1 Å². The number of carbonyl (C=O) groups is 1. The van der Waals surface area contributed by atoms with Gasteiger partial charge in [-0.05, 0) is 24.0 Å². The highest BCUT2D eigenvalue weighted by Gasteiger charge is 2.27. The molecule has 0 spiro atoms. The van der Waals surface area contributed by atoms with Gasteiger partial charge in [-0.3, -0.25) is 4.79 Å². The minimum absolute atomic E-state index is 0.0184. The van der Waals surface area contributed by atoms with Crippen LogP contribution in [0.25, 0.3) is 0 Å². The Morgan fingerprint density at radius 2 is 2.29 bits per heavy atom. The molecule has 0 fully saturated rings. The van der Waals surface area contributed by atoms with E-state index in [4.69, 9.17) is 4.52 Å². The molecule has 0 bridgehead atoms. The van der Waals surface area contributed by atoms with Gasteiger partial charge >= 0.3 is 0 Å². The lowest BCUT2D eigenvalue weighted by atomic mass is 10.0. The van der Waals surface area contributed by atoms with Crippen LogP contribution in [0, 0.1) is 0 Å². The molecule has 1 heterocycles. The number of rotatable bonds is 5. The quantitative estimate of drug-likeness (QED) is 0.912. The normalized spacial score (nSPS) is 16.7. The number of hydrogen-bond donors (Lipinski definition) is 1. The van der Waals surface area contributed by atoms with Crippen molar-refractivity contribution < 1.29 is 9.32 Å². The summed E-state index contributed by atoms with van der Waals surface area (Å²) in [5.74, 6) is 1.37. The first kappa shape index (κ1) is 13.8. The van der Waals surface area contributed by atoms with E-state index in [0.29, 0.717) is 24.7 Å². The van der Waals surface area contributed by atoms with Crippen molar-refractivity contribution in [3.63, 3.8) is 0 Å². The molecule has 1 aromatic carbocycles. The SMILES string of the molecule is CCc1noc(CCNC(=O)[C@H]2CCc3ccccc32)n1. The van der Waals surface area contributed by atoms with Gasteiger partial charge in [0.15, 0.2) is 5.82 Å². The van der Waals surface area contributed by atoms with E-state index >= 15 is 0 Å². The summed E-state index contributed by atoms with van der Waals surface area (Å²) in [6, 6.07) is 8.18. The Bertz CT molecular complexity index is 636. The van der Waals surface area contributed by atoms with Crippen LogP contribution < -0.4 is 5.32 Å². The van der Waals surface area contributed by atoms with Crippen LogP contribution in [-0.4, -0.2) is 22.6 Å². The average Bonchev–Trinajstić information content (AvgIpc) is 3.13. The lowest BCUT2D eigenvalue weighted by Crippen LogP contribution is -2.30. The van der Waals surface area contributed by atoms with E-state index in [-0.39, 0.29) is 11.8 Å². The lowest BCUT2D eigenvalue weighted by molar-refractivity contribution is -0.122. The number of aromatic nitrogens is 2. The maximum atomic E-state index is 12.3. The van der Waals surface area contributed by atoms with E-state index in [2.05, 4.69) is 27.6 Å². The number of nitrogens with zero attached hydrogens (tertiary/aromatic N) is 2. The van der Waals surface area contributed by atoms with Crippen LogP contribution in [0.5, 0.6) is 0 Å². The zero-order valence-electron chi connectivity index (χ0n) is 12.1. The van der Waals surface area contributed by atoms with E-state index in [1.165, 1.54) is 11.1 Å². The molecule has 0 unspecified atom stereocenters. The highest BCUT2D eigenvalue weighted by atomic mass is 16.5. The number of amides is 1. The smallest absolute Gasteiger partial charge is 0.228 e. The number of hydrogen-bond acceptors (Lipinski definition) is 4. The molecular formula is C16H19N3O2. The molecule has 1 aliphatic carbocycles. The molecule has 0 saturated heterocycles. The molecule has 0 aliphatic heterocycles. The monoisotopic (exact) mass is 285 g/mol. The Morgan fingerprint density at radius 1 is 1.43 bits per heavy atom. The Hall–Kier alpha value is -2.17. The van der Waals surface area contributed by atoms with Gasteiger partial charge < -0.3 is 9.84 Å². The molecule has 1 aromatic heterocycles. The van der Waals surface area contributed by atoms with E-state index < -0.39 is 0 Å². The van der Waals surface area contributed by atoms with Crippen LogP contribution in [0.15, 0.2) is 28.8 Å². The van der Waals surface area contributed by atoms with Gasteiger partial charge in [-0.25, -0.2) is 0 Å². The second-order valence-corrected chi connectivity index (χ2v) is 5.29. The summed E-state index contributed by atoms with van der Waals surface area (Å²) >= 11 is 0. The molecule has 1 amide bonds. The van der Waals surface area contributed by atoms with Crippen LogP contribution in [0.4, 0.5) is 0 Å². The summed E-state index contributed by atoms with van der Waals surface area (Å²) < 4.78 is 5.11. The van der Waals surface area contributed by atoms with Gasteiger partial charge in [0.25, 0.3) is 0 Å². The Balaban J connectivity index is 1.53. The third-order valence-corrected chi connectivity index (χ3v) is 3.91. The highest BCUT2D eigenvalue weighted by Crippen LogP contribution is 2.32. The molecule has 5 nitrogen and oxygen atoms in total. The summed E-state index contributed by atoms with van der Waals surface area (Å²) in [6.45, 7) is 2.51. The summed E-state index contributed by atoms with van der Waals surface area (Å²) in [7, 11) is 0. The van der Waals surface area contributed by atoms with Gasteiger partial charge in [0.1, 0.15) is 0 Å². The molecule has 1 atom stereocenters. The largest absolute Gasteiger partial charge is 0.355 e. The van der Waals surface area contributed by atoms with Crippen LogP contribution in [0.3, 0.4) is 0 Å². The fourth-order valence-corrected chi connectivity index (χ4v) is 2.78. The third kappa shape index (κ3) is 2.96. The fourth-order valence-electron chi connectivity index (χ4n) is 2.78. The van der Waals surface area contributed by atoms with Gasteiger partial charge in [-0.1, -0.05) is 36.3 Å². The van der Waals surface area contributed by atoms with E-state index in [0.717, 1.165) is 19.3 Å². The van der Waals surface area contributed by atoms with Crippen molar-refractivity contribution in [2.75, 3.05) is 6.54 Å². The highest BCUT2D eigenvalue weighted by molar-refractivity contribution is 5.84. The number of carbonyl (C=O) groups excluding carboxylic acids is 1. The molecule has 1 aliphatic rings. The van der Waals surface area contributed by atoms with Crippen molar-refractivity contribution >= 4 is 5.91 Å². The number of aryl methyl sites for hydroxylation is 2. The van der Waals surface area contributed by atoms with Crippen LogP contribution in [0.2, 0.25) is 0 Å². The summed E-state index contributed by atoms with van der Waals surface area (Å²) in [4.78, 5) is 16.5. The van der Waals surface area contributed by atoms with Crippen molar-refractivity contribution in [1.82, 2.24) is 15.5 Å². The molecular weight excluding hydrogens is 266 g/mol. The molecule has 1 N–H and O–H groups in total. The minimum Gasteiger partial charge on any atom is -0.355 e. The maximum Gasteiger partial charge on any atom is 0.228 e. The zero-order valence-corrected chi connectivity index (χ0v) is 12.1. The zero-order chi connectivity index (χ0) is 14.7. The van der Waals surface area contributed by atoms with Crippen LogP contribution in [0.1, 0.15) is 42.1 Å². The lowest BCUT2D eigenvalue weighted by Gasteiger charge is -2.11. The summed E-state index contributed by atoms with van der Waals surface area (Å²) in [6.07, 6.45) is 3.21. The van der Waals surface area contributed by atoms with Crippen molar-refractivity contribution in [2.24, 2.45) is 0 Å². The molecule has 0 radical (unpaired) electrons. The second kappa shape index (κ2) is 6.08. The number of fused-ring (bicyclic) bond motifs is 1. The van der Waals surface area contributed by atoms with Gasteiger partial charge in [0.2, 0.25) is 11.8 Å². The van der Waals surface area contributed by atoms with Gasteiger partial charge in [0.05, 0.1) is 5.92 Å². The summed E-state index contributed by atoms with van der Waals surface area (Å²) in [5, 5.41) is 6.82. The van der Waals surface area contributed by atoms with Gasteiger partial charge in [-0.15, -0.1) is 0 Å². The number of nitrogens with one attached hydrogen (secondary N) is 1. The molecule has 5 heteroatoms. The predicted octanol–water partition coefficient (Wildman–Crippen LogP) is 2.02. The summed E-state index contributed by atoms with van der Waals surface area (Å²) in [5.41, 5.74) is 2.46. The fraction of sp³-hybridized carbons (Fsp3) is 0.438. The number of benzene rings is 1. The van der Waals surface area contributed by atoms with Crippen LogP contribution in [-0.2, 0) is 24.1 Å². The molecule has 0 saturated carbocycles. The predicted molar refractivity (Wildman–Crippen MR) is 77.9 cm³/mol.